The molecular formula is C51H64Cl2SiZr. The fourth-order valence-corrected chi connectivity index (χ4v) is 34.0. The number of hydrogen-bond donors (Lipinski definition) is 0. The molecule has 0 N–H and O–H groups in total. The minimum Gasteiger partial charge on any atom is -0.147 e. The Morgan fingerprint density at radius 3 is 1.67 bits per heavy atom. The zero-order valence-electron chi connectivity index (χ0n) is 34.5. The molecule has 290 valence electrons. The maximum atomic E-state index is 2.82. The summed E-state index contributed by atoms with van der Waals surface area (Å²) in [7, 11) is 0. The third-order valence-electron chi connectivity index (χ3n) is 15.3. The van der Waals surface area contributed by atoms with Crippen molar-refractivity contribution < 1.29 is 17.4 Å². The molecule has 0 spiro atoms. The van der Waals surface area contributed by atoms with E-state index in [1.807, 2.05) is 0 Å². The van der Waals surface area contributed by atoms with Gasteiger partial charge in [0.05, 0.1) is 0 Å². The van der Waals surface area contributed by atoms with Crippen molar-refractivity contribution >= 4 is 43.8 Å². The number of hydrogen-bond acceptors (Lipinski definition) is 0. The standard InChI is InChI=1S/C26H27.C23H27.2CH3.2ClH.H2Si.Zr/c1-17-9-22-3-2-4-24(25(22)10-17)21-5-7-23(8-6-21)26-14-18-11-19(15-26)13-20(12-18)16-26;1-5-7-17(4)21-14-20-8-6-9-22(23(20)15-21)19-12-10-18(11-13-19)16(2)3;;;;;;/h2-10,18-20H,11-16H2,1H3;6,8-17H,5,7H2,1-4H3;2*1H3;2*1H;1H2;. The van der Waals surface area contributed by atoms with Gasteiger partial charge in [-0.2, -0.15) is 0 Å². The molecule has 0 radical (unpaired) electrons. The Kier molecular flexibility index (Phi) is 11.2. The van der Waals surface area contributed by atoms with Crippen LogP contribution in [0.4, 0.5) is 0 Å². The van der Waals surface area contributed by atoms with Crippen molar-refractivity contribution in [1.29, 1.82) is 0 Å². The SMILES string of the molecule is CCCC(C)C1=Cc2c(-c3ccc(C(C)C)cc3)cccc2[CH]1[Zr]([CH3])([CH3])(=[SiH2])[CH]1C(C)=Cc2c(-c3ccc(C45CC6CC(CC(C6)C4)C5)cc3)cccc21.Cl.Cl. The summed E-state index contributed by atoms with van der Waals surface area (Å²) in [5.41, 5.74) is 18.6. The van der Waals surface area contributed by atoms with Crippen LogP contribution < -0.4 is 0 Å². The molecule has 4 heteroatoms. The fourth-order valence-electron chi connectivity index (χ4n) is 13.5. The van der Waals surface area contributed by atoms with Crippen LogP contribution in [0.1, 0.15) is 133 Å². The molecular weight excluding hydrogens is 803 g/mol. The molecule has 3 atom stereocenters. The summed E-state index contributed by atoms with van der Waals surface area (Å²) >= 11 is -3.73. The van der Waals surface area contributed by atoms with E-state index in [4.69, 9.17) is 0 Å². The van der Waals surface area contributed by atoms with Crippen LogP contribution in [-0.2, 0) is 22.8 Å². The maximum Gasteiger partial charge on any atom is -0.147 e. The Balaban J connectivity index is 0.00000233. The molecule has 0 amide bonds. The van der Waals surface area contributed by atoms with Gasteiger partial charge in [-0.25, -0.2) is 0 Å². The van der Waals surface area contributed by atoms with E-state index >= 15 is 0 Å². The molecule has 4 aromatic rings. The molecule has 4 bridgehead atoms. The third kappa shape index (κ3) is 6.84. The molecule has 0 saturated heterocycles. The van der Waals surface area contributed by atoms with Gasteiger partial charge in [0, 0.05) is 0 Å². The van der Waals surface area contributed by atoms with Crippen molar-refractivity contribution in [3.63, 3.8) is 0 Å². The van der Waals surface area contributed by atoms with E-state index in [9.17, 15) is 0 Å². The first-order valence-corrected chi connectivity index (χ1v) is 35.0. The molecule has 3 unspecified atom stereocenters. The monoisotopic (exact) mass is 864 g/mol. The van der Waals surface area contributed by atoms with E-state index in [-0.39, 0.29) is 24.8 Å². The molecule has 0 aliphatic heterocycles. The largest absolute Gasteiger partial charge is 0.147 e. The van der Waals surface area contributed by atoms with Gasteiger partial charge in [-0.1, -0.05) is 0 Å². The van der Waals surface area contributed by atoms with Gasteiger partial charge in [-0.05, 0) is 0 Å². The molecule has 6 aliphatic rings. The summed E-state index contributed by atoms with van der Waals surface area (Å²) in [6.07, 6.45) is 16.6. The Labute approximate surface area is 347 Å². The molecule has 4 aromatic carbocycles. The summed E-state index contributed by atoms with van der Waals surface area (Å²) in [6.45, 7) is 14.4. The van der Waals surface area contributed by atoms with Crippen LogP contribution in [0.25, 0.3) is 34.4 Å². The van der Waals surface area contributed by atoms with Crippen molar-refractivity contribution in [1.82, 2.24) is 0 Å². The molecule has 0 aromatic heterocycles. The summed E-state index contributed by atoms with van der Waals surface area (Å²) in [5, 5.41) is 0. The molecule has 0 nitrogen and oxygen atoms in total. The van der Waals surface area contributed by atoms with Gasteiger partial charge in [-0.15, -0.1) is 24.8 Å². The quantitative estimate of drug-likeness (QED) is 0.147. The molecule has 6 aliphatic carbocycles. The van der Waals surface area contributed by atoms with Crippen LogP contribution in [0.5, 0.6) is 0 Å². The minimum atomic E-state index is -3.73. The Hall–Kier alpha value is -1.96. The van der Waals surface area contributed by atoms with Crippen molar-refractivity contribution in [3.8, 4) is 22.3 Å². The van der Waals surface area contributed by atoms with Gasteiger partial charge in [0.25, 0.3) is 0 Å². The van der Waals surface area contributed by atoms with Crippen molar-refractivity contribution in [2.24, 2.45) is 23.7 Å². The number of allylic oxidation sites excluding steroid dienone is 2. The van der Waals surface area contributed by atoms with Crippen molar-refractivity contribution in [2.75, 3.05) is 0 Å². The van der Waals surface area contributed by atoms with Crippen LogP contribution >= 0.6 is 24.8 Å². The van der Waals surface area contributed by atoms with Crippen LogP contribution in [0.3, 0.4) is 0 Å². The van der Waals surface area contributed by atoms with E-state index in [2.05, 4.69) is 148 Å². The summed E-state index contributed by atoms with van der Waals surface area (Å²) in [4.78, 5) is 0. The van der Waals surface area contributed by atoms with E-state index in [1.54, 1.807) is 27.8 Å². The molecule has 4 fully saturated rings. The molecule has 10 rings (SSSR count). The van der Waals surface area contributed by atoms with Gasteiger partial charge in [0.1, 0.15) is 0 Å². The van der Waals surface area contributed by atoms with E-state index < -0.39 is 17.4 Å². The first kappa shape index (κ1) is 41.2. The van der Waals surface area contributed by atoms with Gasteiger partial charge in [0.15, 0.2) is 0 Å². The van der Waals surface area contributed by atoms with Crippen LogP contribution in [0.2, 0.25) is 9.26 Å². The van der Waals surface area contributed by atoms with E-state index in [0.29, 0.717) is 24.5 Å². The summed E-state index contributed by atoms with van der Waals surface area (Å²) in [6, 6.07) is 34.1. The Morgan fingerprint density at radius 1 is 0.673 bits per heavy atom. The number of rotatable bonds is 9. The van der Waals surface area contributed by atoms with Crippen LogP contribution in [0.15, 0.2) is 96.1 Å². The normalized spacial score (nSPS) is 26.8. The first-order valence-electron chi connectivity index (χ1n) is 21.3. The Morgan fingerprint density at radius 2 is 1.16 bits per heavy atom. The molecule has 4 saturated carbocycles. The summed E-state index contributed by atoms with van der Waals surface area (Å²) < 4.78 is 6.70. The summed E-state index contributed by atoms with van der Waals surface area (Å²) in [5.74, 6) is 4.07. The van der Waals surface area contributed by atoms with Gasteiger partial charge in [0.2, 0.25) is 0 Å². The second-order valence-electron chi connectivity index (χ2n) is 20.2. The zero-order chi connectivity index (χ0) is 36.9. The second-order valence-corrected chi connectivity index (χ2v) is 50.7. The van der Waals surface area contributed by atoms with Gasteiger partial charge in [-0.3, -0.25) is 0 Å². The maximum absolute atomic E-state index is 3.73. The smallest absolute Gasteiger partial charge is 0.147 e. The predicted molar refractivity (Wildman–Crippen MR) is 244 cm³/mol. The van der Waals surface area contributed by atoms with Crippen LogP contribution in [-0.4, -0.2) is 6.88 Å². The molecule has 0 heterocycles. The van der Waals surface area contributed by atoms with Crippen molar-refractivity contribution in [2.45, 2.75) is 114 Å². The van der Waals surface area contributed by atoms with Gasteiger partial charge >= 0.3 is 326 Å². The number of fused-ring (bicyclic) bond motifs is 2. The Bertz CT molecular complexity index is 2180. The third-order valence-corrected chi connectivity index (χ3v) is 32.9. The average Bonchev–Trinajstić information content (AvgIpc) is 3.70. The average molecular weight is 867 g/mol. The van der Waals surface area contributed by atoms with E-state index in [0.717, 1.165) is 17.8 Å². The van der Waals surface area contributed by atoms with Crippen molar-refractivity contribution in [3.05, 3.63) is 129 Å². The fraction of sp³-hybridized carbons (Fsp3) is 0.451. The number of benzene rings is 4. The second kappa shape index (κ2) is 15.0. The van der Waals surface area contributed by atoms with Gasteiger partial charge < -0.3 is 0 Å². The molecule has 55 heavy (non-hydrogen) atoms. The number of halogens is 2. The minimum absolute atomic E-state index is 0. The topological polar surface area (TPSA) is 0 Å². The van der Waals surface area contributed by atoms with E-state index in [1.165, 1.54) is 90.3 Å². The van der Waals surface area contributed by atoms with Crippen LogP contribution in [0, 0.1) is 23.7 Å². The predicted octanol–water partition coefficient (Wildman–Crippen LogP) is 14.8. The first-order chi connectivity index (χ1) is 25.3. The zero-order valence-corrected chi connectivity index (χ0v) is 40.0.